The predicted octanol–water partition coefficient (Wildman–Crippen LogP) is 2.73. The van der Waals surface area contributed by atoms with E-state index in [-0.39, 0.29) is 12.1 Å². The quantitative estimate of drug-likeness (QED) is 0.874. The van der Waals surface area contributed by atoms with Crippen molar-refractivity contribution in [3.8, 4) is 0 Å². The van der Waals surface area contributed by atoms with E-state index in [9.17, 15) is 8.78 Å². The van der Waals surface area contributed by atoms with Gasteiger partial charge in [0.2, 0.25) is 0 Å². The van der Waals surface area contributed by atoms with Gasteiger partial charge >= 0.3 is 0 Å². The predicted molar refractivity (Wildman–Crippen MR) is 79.2 cm³/mol. The van der Waals surface area contributed by atoms with E-state index in [0.29, 0.717) is 12.2 Å². The lowest BCUT2D eigenvalue weighted by Gasteiger charge is -2.37. The molecule has 1 aliphatic rings. The van der Waals surface area contributed by atoms with Crippen LogP contribution in [-0.4, -0.2) is 43.8 Å². The van der Waals surface area contributed by atoms with Gasteiger partial charge in [-0.2, -0.15) is 0 Å². The molecular weight excluding hydrogens is 274 g/mol. The maximum Gasteiger partial charge on any atom is 0.163 e. The van der Waals surface area contributed by atoms with E-state index in [1.54, 1.807) is 12.1 Å². The van der Waals surface area contributed by atoms with Crippen LogP contribution in [0.25, 0.3) is 0 Å². The fourth-order valence-corrected chi connectivity index (χ4v) is 2.72. The molecule has 1 aromatic carbocycles. The average Bonchev–Trinajstić information content (AvgIpc) is 2.52. The third-order valence-corrected chi connectivity index (χ3v) is 3.93. The zero-order chi connectivity index (χ0) is 15.2. The van der Waals surface area contributed by atoms with Gasteiger partial charge in [-0.05, 0) is 25.6 Å². The minimum atomic E-state index is -0.807. The van der Waals surface area contributed by atoms with Gasteiger partial charge in [0.25, 0.3) is 0 Å². The van der Waals surface area contributed by atoms with Crippen LogP contribution in [0.2, 0.25) is 0 Å². The van der Waals surface area contributed by atoms with Crippen LogP contribution in [0.5, 0.6) is 0 Å². The van der Waals surface area contributed by atoms with Gasteiger partial charge in [0, 0.05) is 18.7 Å². The maximum atomic E-state index is 14.1. The number of nitrogens with zero attached hydrogens (tertiary/aromatic N) is 1. The third kappa shape index (κ3) is 3.99. The Morgan fingerprint density at radius 1 is 1.38 bits per heavy atom. The van der Waals surface area contributed by atoms with Crippen LogP contribution in [0.4, 0.5) is 8.78 Å². The highest BCUT2D eigenvalue weighted by Crippen LogP contribution is 2.26. The molecule has 1 fully saturated rings. The van der Waals surface area contributed by atoms with Crippen LogP contribution >= 0.6 is 0 Å². The van der Waals surface area contributed by atoms with Gasteiger partial charge in [0.1, 0.15) is 0 Å². The van der Waals surface area contributed by atoms with Gasteiger partial charge in [-0.3, -0.25) is 4.90 Å². The number of halogens is 2. The van der Waals surface area contributed by atoms with Crippen LogP contribution in [0.1, 0.15) is 31.9 Å². The van der Waals surface area contributed by atoms with Gasteiger partial charge in [-0.25, -0.2) is 8.78 Å². The number of hydrogen-bond donors (Lipinski definition) is 1. The summed E-state index contributed by atoms with van der Waals surface area (Å²) in [5.41, 5.74) is 0.353. The van der Waals surface area contributed by atoms with Crippen LogP contribution in [0, 0.1) is 11.6 Å². The molecule has 5 heteroatoms. The molecule has 2 rings (SSSR count). The van der Waals surface area contributed by atoms with E-state index >= 15 is 0 Å². The summed E-state index contributed by atoms with van der Waals surface area (Å²) in [5.74, 6) is -1.58. The molecule has 0 aromatic heterocycles. The number of ether oxygens (including phenoxy) is 1. The molecule has 2 atom stereocenters. The second-order valence-corrected chi connectivity index (χ2v) is 5.38. The monoisotopic (exact) mass is 298 g/mol. The molecule has 21 heavy (non-hydrogen) atoms. The SMILES string of the molecule is CCCNC(c1cccc(F)c1F)C1CN(CC)CCO1. The fourth-order valence-electron chi connectivity index (χ4n) is 2.72. The summed E-state index contributed by atoms with van der Waals surface area (Å²) in [6, 6.07) is 4.01. The number of benzene rings is 1. The molecule has 1 N–H and O–H groups in total. The van der Waals surface area contributed by atoms with Gasteiger partial charge in [-0.1, -0.05) is 26.0 Å². The Morgan fingerprint density at radius 3 is 2.90 bits per heavy atom. The van der Waals surface area contributed by atoms with Crippen molar-refractivity contribution in [2.75, 3.05) is 32.8 Å². The molecule has 3 nitrogen and oxygen atoms in total. The minimum Gasteiger partial charge on any atom is -0.374 e. The molecule has 0 saturated carbocycles. The summed E-state index contributed by atoms with van der Waals surface area (Å²) in [4.78, 5) is 2.27. The first-order valence-corrected chi connectivity index (χ1v) is 7.68. The van der Waals surface area contributed by atoms with E-state index in [1.807, 2.05) is 6.92 Å². The Bertz CT molecular complexity index is 456. The Balaban J connectivity index is 2.23. The Hall–Kier alpha value is -1.04. The number of likely N-dealkylation sites (N-methyl/N-ethyl adjacent to an activating group) is 1. The summed E-state index contributed by atoms with van der Waals surface area (Å²) < 4.78 is 33.5. The lowest BCUT2D eigenvalue weighted by Crippen LogP contribution is -2.48. The van der Waals surface area contributed by atoms with Crippen molar-refractivity contribution in [1.82, 2.24) is 10.2 Å². The maximum absolute atomic E-state index is 14.1. The highest BCUT2D eigenvalue weighted by atomic mass is 19.2. The van der Waals surface area contributed by atoms with Crippen molar-refractivity contribution in [3.63, 3.8) is 0 Å². The largest absolute Gasteiger partial charge is 0.374 e. The number of nitrogens with one attached hydrogen (secondary N) is 1. The highest BCUT2D eigenvalue weighted by molar-refractivity contribution is 5.24. The molecule has 0 bridgehead atoms. The molecule has 0 amide bonds. The van der Waals surface area contributed by atoms with Crippen molar-refractivity contribution < 1.29 is 13.5 Å². The lowest BCUT2D eigenvalue weighted by molar-refractivity contribution is -0.0461. The van der Waals surface area contributed by atoms with Crippen molar-refractivity contribution in [2.45, 2.75) is 32.4 Å². The van der Waals surface area contributed by atoms with Crippen LogP contribution in [0.3, 0.4) is 0 Å². The van der Waals surface area contributed by atoms with Crippen LogP contribution in [-0.2, 0) is 4.74 Å². The van der Waals surface area contributed by atoms with Crippen molar-refractivity contribution in [1.29, 1.82) is 0 Å². The van der Waals surface area contributed by atoms with Gasteiger partial charge < -0.3 is 10.1 Å². The molecule has 0 aliphatic carbocycles. The average molecular weight is 298 g/mol. The molecule has 1 saturated heterocycles. The summed E-state index contributed by atoms with van der Waals surface area (Å²) in [6.07, 6.45) is 0.763. The summed E-state index contributed by atoms with van der Waals surface area (Å²) in [6.45, 7) is 8.07. The summed E-state index contributed by atoms with van der Waals surface area (Å²) in [5, 5.41) is 3.31. The van der Waals surface area contributed by atoms with E-state index in [0.717, 1.165) is 38.7 Å². The molecule has 2 unspecified atom stereocenters. The van der Waals surface area contributed by atoms with E-state index < -0.39 is 11.6 Å². The standard InChI is InChI=1S/C16H24F2N2O/c1-3-8-19-16(12-6-5-7-13(17)15(12)18)14-11-20(4-2)9-10-21-14/h5-7,14,16,19H,3-4,8-11H2,1-2H3. The lowest BCUT2D eigenvalue weighted by atomic mass is 9.98. The summed E-state index contributed by atoms with van der Waals surface area (Å²) in [7, 11) is 0. The number of morpholine rings is 1. The fraction of sp³-hybridized carbons (Fsp3) is 0.625. The molecule has 1 aliphatic heterocycles. The molecule has 0 radical (unpaired) electrons. The second kappa shape index (κ2) is 7.82. The summed E-state index contributed by atoms with van der Waals surface area (Å²) >= 11 is 0. The highest BCUT2D eigenvalue weighted by Gasteiger charge is 2.30. The zero-order valence-corrected chi connectivity index (χ0v) is 12.7. The minimum absolute atomic E-state index is 0.165. The molecule has 0 spiro atoms. The zero-order valence-electron chi connectivity index (χ0n) is 12.7. The van der Waals surface area contributed by atoms with E-state index in [4.69, 9.17) is 4.74 Å². The topological polar surface area (TPSA) is 24.5 Å². The first kappa shape index (κ1) is 16.3. The number of rotatable bonds is 6. The van der Waals surface area contributed by atoms with Gasteiger partial charge in [0.15, 0.2) is 11.6 Å². The smallest absolute Gasteiger partial charge is 0.163 e. The van der Waals surface area contributed by atoms with Crippen LogP contribution in [0.15, 0.2) is 18.2 Å². The molecule has 118 valence electrons. The Labute approximate surface area is 125 Å². The molecular formula is C16H24F2N2O. The number of hydrogen-bond acceptors (Lipinski definition) is 3. The van der Waals surface area contributed by atoms with E-state index in [1.165, 1.54) is 0 Å². The first-order chi connectivity index (χ1) is 10.2. The molecule has 1 heterocycles. The van der Waals surface area contributed by atoms with Crippen molar-refractivity contribution >= 4 is 0 Å². The van der Waals surface area contributed by atoms with Crippen molar-refractivity contribution in [2.24, 2.45) is 0 Å². The normalized spacial score (nSPS) is 21.4. The van der Waals surface area contributed by atoms with Crippen molar-refractivity contribution in [3.05, 3.63) is 35.4 Å². The Morgan fingerprint density at radius 2 is 2.19 bits per heavy atom. The third-order valence-electron chi connectivity index (χ3n) is 3.93. The molecule has 1 aromatic rings. The van der Waals surface area contributed by atoms with Gasteiger partial charge in [0.05, 0.1) is 18.8 Å². The van der Waals surface area contributed by atoms with E-state index in [2.05, 4.69) is 17.1 Å². The Kier molecular flexibility index (Phi) is 6.08. The first-order valence-electron chi connectivity index (χ1n) is 7.68. The van der Waals surface area contributed by atoms with Gasteiger partial charge in [-0.15, -0.1) is 0 Å². The second-order valence-electron chi connectivity index (χ2n) is 5.38. The van der Waals surface area contributed by atoms with Crippen LogP contribution < -0.4 is 5.32 Å².